The third-order valence-electron chi connectivity index (χ3n) is 0.235. The molecular formula is C3H8NS. The molecule has 0 fully saturated rings. The highest BCUT2D eigenvalue weighted by Crippen LogP contribution is 1.74. The molecule has 1 radical (unpaired) electrons. The zero-order valence-electron chi connectivity index (χ0n) is 3.02. The van der Waals surface area contributed by atoms with E-state index in [0.717, 1.165) is 0 Å². The van der Waals surface area contributed by atoms with Crippen LogP contribution in [0.25, 0.3) is 0 Å². The molecule has 0 bridgehead atoms. The summed E-state index contributed by atoms with van der Waals surface area (Å²) in [6.45, 7) is 3.46. The minimum atomic E-state index is -0.00154. The zero-order valence-corrected chi connectivity index (χ0v) is 3.91. The summed E-state index contributed by atoms with van der Waals surface area (Å²) in [6, 6.07) is -0.00154. The van der Waals surface area contributed by atoms with Crippen LogP contribution < -0.4 is 5.73 Å². The number of rotatable bonds is 1. The number of hydrogen-bond acceptors (Lipinski definition) is 2. The Morgan fingerprint density at radius 3 is 2.20 bits per heavy atom. The maximum absolute atomic E-state index is 5.10. The molecule has 0 saturated heterocycles. The van der Waals surface area contributed by atoms with Gasteiger partial charge in [-0.2, -0.15) is 12.6 Å². The van der Waals surface area contributed by atoms with Crippen LogP contribution >= 0.6 is 12.6 Å². The molecule has 1 atom stereocenters. The first kappa shape index (κ1) is 5.31. The van der Waals surface area contributed by atoms with Crippen molar-refractivity contribution in [2.45, 2.75) is 6.04 Å². The van der Waals surface area contributed by atoms with Crippen LogP contribution in [0.5, 0.6) is 0 Å². The summed E-state index contributed by atoms with van der Waals surface area (Å²) in [5, 5.41) is 0. The monoisotopic (exact) mass is 90.0 g/mol. The SMILES string of the molecule is [CH2]C(N)CS. The van der Waals surface area contributed by atoms with Gasteiger partial charge in [0.05, 0.1) is 0 Å². The average molecular weight is 90.2 g/mol. The topological polar surface area (TPSA) is 26.0 Å². The molecule has 0 aliphatic carbocycles. The minimum Gasteiger partial charge on any atom is -0.327 e. The van der Waals surface area contributed by atoms with Crippen LogP contribution in [0, 0.1) is 6.92 Å². The molecule has 0 amide bonds. The lowest BCUT2D eigenvalue weighted by atomic mass is 10.4. The number of thiol groups is 1. The van der Waals surface area contributed by atoms with Crippen LogP contribution in [0.1, 0.15) is 0 Å². The molecule has 1 nitrogen and oxygen atoms in total. The first-order chi connectivity index (χ1) is 2.27. The van der Waals surface area contributed by atoms with Crippen LogP contribution in [0.3, 0.4) is 0 Å². The Labute approximate surface area is 38.0 Å². The molecule has 1 unspecified atom stereocenters. The average Bonchev–Trinajstić information content (AvgIpc) is 1.38. The molecule has 2 heteroatoms. The molecule has 0 heterocycles. The first-order valence-corrected chi connectivity index (χ1v) is 2.10. The van der Waals surface area contributed by atoms with Gasteiger partial charge in [0.25, 0.3) is 0 Å². The van der Waals surface area contributed by atoms with Crippen molar-refractivity contribution in [3.8, 4) is 0 Å². The van der Waals surface area contributed by atoms with Gasteiger partial charge in [-0.05, 0) is 6.92 Å². The van der Waals surface area contributed by atoms with Crippen molar-refractivity contribution in [2.24, 2.45) is 5.73 Å². The summed E-state index contributed by atoms with van der Waals surface area (Å²) < 4.78 is 0. The van der Waals surface area contributed by atoms with Gasteiger partial charge in [0.2, 0.25) is 0 Å². The van der Waals surface area contributed by atoms with E-state index in [1.54, 1.807) is 0 Å². The summed E-state index contributed by atoms with van der Waals surface area (Å²) in [4.78, 5) is 0. The van der Waals surface area contributed by atoms with E-state index in [-0.39, 0.29) is 6.04 Å². The zero-order chi connectivity index (χ0) is 4.28. The lowest BCUT2D eigenvalue weighted by Gasteiger charge is -1.90. The fourth-order valence-corrected chi connectivity index (χ4v) is 0. The van der Waals surface area contributed by atoms with Gasteiger partial charge in [-0.15, -0.1) is 0 Å². The summed E-state index contributed by atoms with van der Waals surface area (Å²) in [5.41, 5.74) is 5.10. The molecular weight excluding hydrogens is 82.1 g/mol. The Hall–Kier alpha value is 0.310. The second-order valence-electron chi connectivity index (χ2n) is 0.943. The van der Waals surface area contributed by atoms with Crippen LogP contribution in [0.15, 0.2) is 0 Å². The second kappa shape index (κ2) is 2.54. The summed E-state index contributed by atoms with van der Waals surface area (Å²) in [5.74, 6) is 0.667. The van der Waals surface area contributed by atoms with E-state index >= 15 is 0 Å². The normalized spacial score (nSPS) is 15.0. The molecule has 0 saturated carbocycles. The van der Waals surface area contributed by atoms with Crippen molar-refractivity contribution >= 4 is 12.6 Å². The fraction of sp³-hybridized carbons (Fsp3) is 0.667. The summed E-state index contributed by atoms with van der Waals surface area (Å²) in [6.07, 6.45) is 0. The predicted molar refractivity (Wildman–Crippen MR) is 27.2 cm³/mol. The maximum Gasteiger partial charge on any atom is 0.0128 e. The van der Waals surface area contributed by atoms with E-state index < -0.39 is 0 Å². The van der Waals surface area contributed by atoms with Gasteiger partial charge in [-0.3, -0.25) is 0 Å². The molecule has 0 aromatic carbocycles. The van der Waals surface area contributed by atoms with Gasteiger partial charge in [0, 0.05) is 11.8 Å². The summed E-state index contributed by atoms with van der Waals surface area (Å²) in [7, 11) is 0. The molecule has 0 aliphatic rings. The smallest absolute Gasteiger partial charge is 0.0128 e. The van der Waals surface area contributed by atoms with E-state index in [4.69, 9.17) is 5.73 Å². The molecule has 0 rings (SSSR count). The fourth-order valence-electron chi connectivity index (χ4n) is 0. The molecule has 31 valence electrons. The lowest BCUT2D eigenvalue weighted by Crippen LogP contribution is -2.16. The van der Waals surface area contributed by atoms with E-state index in [9.17, 15) is 0 Å². The quantitative estimate of drug-likeness (QED) is 0.438. The van der Waals surface area contributed by atoms with Crippen molar-refractivity contribution in [2.75, 3.05) is 5.75 Å². The van der Waals surface area contributed by atoms with E-state index in [0.29, 0.717) is 5.75 Å². The van der Waals surface area contributed by atoms with Crippen LogP contribution in [0.4, 0.5) is 0 Å². The van der Waals surface area contributed by atoms with E-state index in [2.05, 4.69) is 19.6 Å². The van der Waals surface area contributed by atoms with Crippen LogP contribution in [-0.4, -0.2) is 11.8 Å². The number of nitrogens with two attached hydrogens (primary N) is 1. The maximum atomic E-state index is 5.10. The molecule has 0 spiro atoms. The van der Waals surface area contributed by atoms with E-state index in [1.165, 1.54) is 0 Å². The Bertz CT molecular complexity index is 20.9. The lowest BCUT2D eigenvalue weighted by molar-refractivity contribution is 0.940. The van der Waals surface area contributed by atoms with Gasteiger partial charge in [0.15, 0.2) is 0 Å². The third-order valence-corrected chi connectivity index (χ3v) is 0.704. The Morgan fingerprint density at radius 1 is 2.00 bits per heavy atom. The molecule has 0 aromatic rings. The van der Waals surface area contributed by atoms with Gasteiger partial charge >= 0.3 is 0 Å². The van der Waals surface area contributed by atoms with Crippen LogP contribution in [-0.2, 0) is 0 Å². The highest BCUT2D eigenvalue weighted by Gasteiger charge is 1.80. The van der Waals surface area contributed by atoms with Crippen LogP contribution in [0.2, 0.25) is 0 Å². The van der Waals surface area contributed by atoms with Gasteiger partial charge in [-0.1, -0.05) is 0 Å². The van der Waals surface area contributed by atoms with Gasteiger partial charge in [-0.25, -0.2) is 0 Å². The Balaban J connectivity index is 2.54. The Kier molecular flexibility index (Phi) is 2.70. The first-order valence-electron chi connectivity index (χ1n) is 1.47. The van der Waals surface area contributed by atoms with Gasteiger partial charge < -0.3 is 5.73 Å². The van der Waals surface area contributed by atoms with Crippen molar-refractivity contribution < 1.29 is 0 Å². The van der Waals surface area contributed by atoms with Crippen molar-refractivity contribution in [3.05, 3.63) is 6.92 Å². The molecule has 0 aliphatic heterocycles. The molecule has 0 aromatic heterocycles. The molecule has 5 heavy (non-hydrogen) atoms. The third kappa shape index (κ3) is 4.31. The predicted octanol–water partition coefficient (Wildman–Crippen LogP) is 0.0776. The highest BCUT2D eigenvalue weighted by atomic mass is 32.1. The Morgan fingerprint density at radius 2 is 2.20 bits per heavy atom. The molecule has 2 N–H and O–H groups in total. The standard InChI is InChI=1S/C3H8NS/c1-3(4)2-5/h3,5H,1-2,4H2. The number of hydrogen-bond donors (Lipinski definition) is 2. The summed E-state index contributed by atoms with van der Waals surface area (Å²) >= 11 is 3.83. The van der Waals surface area contributed by atoms with E-state index in [1.807, 2.05) is 0 Å². The highest BCUT2D eigenvalue weighted by molar-refractivity contribution is 7.80. The van der Waals surface area contributed by atoms with Gasteiger partial charge in [0.1, 0.15) is 0 Å². The van der Waals surface area contributed by atoms with Crippen molar-refractivity contribution in [1.29, 1.82) is 0 Å². The minimum absolute atomic E-state index is 0.00154. The van der Waals surface area contributed by atoms with Crippen molar-refractivity contribution in [1.82, 2.24) is 0 Å². The van der Waals surface area contributed by atoms with Crippen molar-refractivity contribution in [3.63, 3.8) is 0 Å². The largest absolute Gasteiger partial charge is 0.327 e. The second-order valence-corrected chi connectivity index (χ2v) is 1.31.